The van der Waals surface area contributed by atoms with Gasteiger partial charge >= 0.3 is 5.69 Å². The number of nitrogens with one attached hydrogen (secondary N) is 2. The maximum atomic E-state index is 11.4. The molecule has 0 atom stereocenters. The van der Waals surface area contributed by atoms with Gasteiger partial charge in [0.25, 0.3) is 0 Å². The van der Waals surface area contributed by atoms with Gasteiger partial charge in [-0.2, -0.15) is 0 Å². The lowest BCUT2D eigenvalue weighted by Gasteiger charge is -2.11. The van der Waals surface area contributed by atoms with Gasteiger partial charge in [0, 0.05) is 48.0 Å². The van der Waals surface area contributed by atoms with Crippen LogP contribution < -0.4 is 15.8 Å². The number of hydrogen-bond donors (Lipinski definition) is 3. The van der Waals surface area contributed by atoms with Gasteiger partial charge < -0.3 is 11.1 Å². The van der Waals surface area contributed by atoms with Crippen molar-refractivity contribution < 1.29 is 13.3 Å². The first-order valence-corrected chi connectivity index (χ1v) is 12.1. The smallest absolute Gasteiger partial charge is 0.311 e. The first-order chi connectivity index (χ1) is 16.2. The highest BCUT2D eigenvalue weighted by Crippen LogP contribution is 2.24. The van der Waals surface area contributed by atoms with Gasteiger partial charge in [-0.1, -0.05) is 12.1 Å². The lowest BCUT2D eigenvalue weighted by atomic mass is 10.1. The van der Waals surface area contributed by atoms with Gasteiger partial charge in [-0.05, 0) is 31.0 Å². The molecule has 0 amide bonds. The third-order valence-electron chi connectivity index (χ3n) is 4.92. The first kappa shape index (κ1) is 22.9. The van der Waals surface area contributed by atoms with Crippen LogP contribution in [-0.2, 0) is 16.4 Å². The number of pyridine rings is 1. The van der Waals surface area contributed by atoms with E-state index in [-0.39, 0.29) is 11.5 Å². The zero-order valence-electron chi connectivity index (χ0n) is 18.2. The second-order valence-electron chi connectivity index (χ2n) is 7.57. The fraction of sp³-hybridized carbons (Fsp3) is 0.190. The van der Waals surface area contributed by atoms with Crippen molar-refractivity contribution in [3.05, 3.63) is 70.7 Å². The topological polar surface area (TPSA) is 170 Å². The van der Waals surface area contributed by atoms with Crippen LogP contribution in [0.4, 0.5) is 23.1 Å². The number of imidazole rings is 1. The fourth-order valence-corrected chi connectivity index (χ4v) is 3.96. The molecule has 0 spiro atoms. The fourth-order valence-electron chi connectivity index (χ4n) is 3.39. The summed E-state index contributed by atoms with van der Waals surface area (Å²) in [4.78, 5) is 23.5. The van der Waals surface area contributed by atoms with E-state index in [0.29, 0.717) is 48.1 Å². The summed E-state index contributed by atoms with van der Waals surface area (Å²) in [7, 11) is -3.35. The predicted molar refractivity (Wildman–Crippen MR) is 129 cm³/mol. The third kappa shape index (κ3) is 5.38. The summed E-state index contributed by atoms with van der Waals surface area (Å²) in [6.07, 6.45) is 5.84. The van der Waals surface area contributed by atoms with Crippen LogP contribution in [0, 0.1) is 10.1 Å². The van der Waals surface area contributed by atoms with E-state index in [0.717, 1.165) is 11.8 Å². The number of sulfonamides is 1. The second-order valence-corrected chi connectivity index (χ2v) is 9.31. The Bertz CT molecular complexity index is 1450. The van der Waals surface area contributed by atoms with E-state index in [2.05, 4.69) is 20.0 Å². The largest absolute Gasteiger partial charge is 0.378 e. The van der Waals surface area contributed by atoms with Gasteiger partial charge in [0.2, 0.25) is 21.8 Å². The molecule has 0 unspecified atom stereocenters. The summed E-state index contributed by atoms with van der Waals surface area (Å²) >= 11 is 0. The standard InChI is InChI=1S/C21H22N8O4S/c1-34(32,33)27-16-6-4-14(5-7-16)17-13-19-23-11-12-28(19)21(26-17)24-10-2-3-15-8-9-18(29(30)31)20(22)25-15/h4-9,11-13,27H,2-3,10H2,1H3,(H2,22,25)(H,24,26). The number of rotatable bonds is 9. The van der Waals surface area contributed by atoms with Crippen LogP contribution in [0.25, 0.3) is 16.9 Å². The highest BCUT2D eigenvalue weighted by atomic mass is 32.2. The zero-order chi connectivity index (χ0) is 24.3. The van der Waals surface area contributed by atoms with E-state index in [4.69, 9.17) is 10.7 Å². The predicted octanol–water partition coefficient (Wildman–Crippen LogP) is 2.70. The van der Waals surface area contributed by atoms with Crippen molar-refractivity contribution >= 4 is 38.8 Å². The molecular weight excluding hydrogens is 460 g/mol. The average molecular weight is 483 g/mol. The molecule has 0 aliphatic heterocycles. The van der Waals surface area contributed by atoms with E-state index in [1.54, 1.807) is 42.7 Å². The van der Waals surface area contributed by atoms with Gasteiger partial charge in [0.1, 0.15) is 5.65 Å². The van der Waals surface area contributed by atoms with Crippen LogP contribution in [0.1, 0.15) is 12.1 Å². The number of hydrogen-bond acceptors (Lipinski definition) is 9. The normalized spacial score (nSPS) is 11.4. The summed E-state index contributed by atoms with van der Waals surface area (Å²) in [6, 6.07) is 11.7. The molecule has 0 saturated carbocycles. The molecule has 34 heavy (non-hydrogen) atoms. The number of anilines is 3. The molecule has 0 fully saturated rings. The Morgan fingerprint density at radius 3 is 2.59 bits per heavy atom. The zero-order valence-corrected chi connectivity index (χ0v) is 19.0. The highest BCUT2D eigenvalue weighted by Gasteiger charge is 2.13. The lowest BCUT2D eigenvalue weighted by Crippen LogP contribution is -2.10. The molecule has 3 heterocycles. The van der Waals surface area contributed by atoms with Gasteiger partial charge in [-0.15, -0.1) is 0 Å². The molecule has 4 N–H and O–H groups in total. The van der Waals surface area contributed by atoms with Crippen LogP contribution in [0.5, 0.6) is 0 Å². The van der Waals surface area contributed by atoms with Gasteiger partial charge in [0.15, 0.2) is 0 Å². The van der Waals surface area contributed by atoms with Crippen molar-refractivity contribution in [3.63, 3.8) is 0 Å². The summed E-state index contributed by atoms with van der Waals surface area (Å²) in [5, 5.41) is 14.2. The number of benzene rings is 1. The van der Waals surface area contributed by atoms with Crippen LogP contribution in [0.3, 0.4) is 0 Å². The Hall–Kier alpha value is -4.26. The Labute approximate surface area is 195 Å². The molecule has 4 aromatic rings. The number of nitro groups is 1. The van der Waals surface area contributed by atoms with Gasteiger partial charge in [-0.3, -0.25) is 19.2 Å². The number of aryl methyl sites for hydroxylation is 1. The number of nitrogens with zero attached hydrogens (tertiary/aromatic N) is 5. The Kier molecular flexibility index (Phi) is 6.27. The highest BCUT2D eigenvalue weighted by molar-refractivity contribution is 7.92. The quantitative estimate of drug-likeness (QED) is 0.184. The summed E-state index contributed by atoms with van der Waals surface area (Å²) < 4.78 is 27.1. The molecule has 12 nitrogen and oxygen atoms in total. The molecule has 176 valence electrons. The van der Waals surface area contributed by atoms with Crippen molar-refractivity contribution in [1.29, 1.82) is 0 Å². The molecule has 0 aliphatic carbocycles. The Morgan fingerprint density at radius 1 is 1.15 bits per heavy atom. The molecule has 0 radical (unpaired) electrons. The Morgan fingerprint density at radius 2 is 1.91 bits per heavy atom. The van der Waals surface area contributed by atoms with E-state index in [1.165, 1.54) is 6.07 Å². The van der Waals surface area contributed by atoms with Crippen molar-refractivity contribution in [2.24, 2.45) is 0 Å². The molecule has 0 bridgehead atoms. The van der Waals surface area contributed by atoms with Crippen LogP contribution in [-0.4, -0.2) is 45.5 Å². The van der Waals surface area contributed by atoms with Crippen LogP contribution in [0.15, 0.2) is 54.9 Å². The molecule has 0 aliphatic rings. The van der Waals surface area contributed by atoms with Gasteiger partial charge in [0.05, 0.1) is 16.9 Å². The molecule has 3 aromatic heterocycles. The number of aromatic nitrogens is 4. The van der Waals surface area contributed by atoms with Crippen molar-refractivity contribution in [1.82, 2.24) is 19.4 Å². The monoisotopic (exact) mass is 482 g/mol. The van der Waals surface area contributed by atoms with Crippen LogP contribution >= 0.6 is 0 Å². The molecule has 1 aromatic carbocycles. The SMILES string of the molecule is CS(=O)(=O)Nc1ccc(-c2cc3nccn3c(NCCCc3ccc([N+](=O)[O-])c(N)n3)n2)cc1. The van der Waals surface area contributed by atoms with Crippen molar-refractivity contribution in [2.45, 2.75) is 12.8 Å². The van der Waals surface area contributed by atoms with E-state index < -0.39 is 14.9 Å². The molecule has 0 saturated heterocycles. The maximum Gasteiger partial charge on any atom is 0.311 e. The minimum absolute atomic E-state index is 0.0947. The molecule has 4 rings (SSSR count). The Balaban J connectivity index is 1.46. The number of nitrogen functional groups attached to an aromatic ring is 1. The van der Waals surface area contributed by atoms with Crippen LogP contribution in [0.2, 0.25) is 0 Å². The van der Waals surface area contributed by atoms with E-state index in [9.17, 15) is 18.5 Å². The lowest BCUT2D eigenvalue weighted by molar-refractivity contribution is -0.384. The summed E-state index contributed by atoms with van der Waals surface area (Å²) in [5.74, 6) is 0.502. The molecule has 13 heteroatoms. The maximum absolute atomic E-state index is 11.4. The minimum atomic E-state index is -3.35. The first-order valence-electron chi connectivity index (χ1n) is 10.3. The van der Waals surface area contributed by atoms with E-state index in [1.807, 2.05) is 10.5 Å². The average Bonchev–Trinajstić information content (AvgIpc) is 3.25. The number of fused-ring (bicyclic) bond motifs is 1. The number of nitrogens with two attached hydrogens (primary N) is 1. The summed E-state index contributed by atoms with van der Waals surface area (Å²) in [5.41, 5.74) is 8.77. The summed E-state index contributed by atoms with van der Waals surface area (Å²) in [6.45, 7) is 0.569. The third-order valence-corrected chi connectivity index (χ3v) is 5.53. The molecular formula is C21H22N8O4S. The van der Waals surface area contributed by atoms with Crippen molar-refractivity contribution in [3.8, 4) is 11.3 Å². The van der Waals surface area contributed by atoms with Crippen molar-refractivity contribution in [2.75, 3.05) is 28.6 Å². The van der Waals surface area contributed by atoms with Gasteiger partial charge in [-0.25, -0.2) is 23.4 Å². The minimum Gasteiger partial charge on any atom is -0.378 e. The second kappa shape index (κ2) is 9.31. The van der Waals surface area contributed by atoms with E-state index >= 15 is 0 Å².